The molecule has 1 heteroatoms. The summed E-state index contributed by atoms with van der Waals surface area (Å²) in [5, 5.41) is 0. The maximum atomic E-state index is 5.65. The summed E-state index contributed by atoms with van der Waals surface area (Å²) in [4.78, 5) is 0. The second kappa shape index (κ2) is 8.28. The Bertz CT molecular complexity index is 502. The molecule has 0 unspecified atom stereocenters. The molecule has 0 amide bonds. The van der Waals surface area contributed by atoms with Crippen LogP contribution in [0.4, 0.5) is 0 Å². The van der Waals surface area contributed by atoms with Crippen LogP contribution in [0.15, 0.2) is 71.9 Å². The first-order valence-electron chi connectivity index (χ1n) is 6.63. The molecule has 1 aromatic rings. The van der Waals surface area contributed by atoms with Crippen molar-refractivity contribution in [2.75, 3.05) is 6.54 Å². The van der Waals surface area contributed by atoms with Crippen LogP contribution in [0.2, 0.25) is 0 Å². The summed E-state index contributed by atoms with van der Waals surface area (Å²) in [5.74, 6) is 0. The van der Waals surface area contributed by atoms with Crippen LogP contribution in [0.3, 0.4) is 0 Å². The molecule has 0 heterocycles. The topological polar surface area (TPSA) is 26.0 Å². The van der Waals surface area contributed by atoms with Crippen LogP contribution in [-0.2, 0) is 0 Å². The van der Waals surface area contributed by atoms with E-state index in [1.54, 1.807) is 0 Å². The number of hydrogen-bond donors (Lipinski definition) is 1. The predicted molar refractivity (Wildman–Crippen MR) is 85.8 cm³/mol. The standard InChI is InChI=1S/C18H23N/c1-4-8-15(2)16(3)11-12-18(13-14-19)17-9-6-5-7-10-17/h4-13H,14,19H2,1-3H3/b8-4+,12-11-,16-15+,18-13+. The molecule has 1 nitrogen and oxygen atoms in total. The van der Waals surface area contributed by atoms with E-state index in [9.17, 15) is 0 Å². The molecule has 0 spiro atoms. The first kappa shape index (κ1) is 15.2. The van der Waals surface area contributed by atoms with Gasteiger partial charge in [-0.2, -0.15) is 0 Å². The van der Waals surface area contributed by atoms with E-state index in [0.29, 0.717) is 6.54 Å². The SMILES string of the molecule is C/C=C/C(C)=C(C)/C=C\C(=C/CN)c1ccccc1. The van der Waals surface area contributed by atoms with E-state index in [1.807, 2.05) is 31.2 Å². The van der Waals surface area contributed by atoms with Gasteiger partial charge in [-0.3, -0.25) is 0 Å². The zero-order chi connectivity index (χ0) is 14.1. The Morgan fingerprint density at radius 1 is 1.00 bits per heavy atom. The van der Waals surface area contributed by atoms with E-state index in [-0.39, 0.29) is 0 Å². The number of rotatable bonds is 5. The fourth-order valence-electron chi connectivity index (χ4n) is 1.77. The van der Waals surface area contributed by atoms with Crippen molar-refractivity contribution in [2.45, 2.75) is 20.8 Å². The molecular weight excluding hydrogens is 230 g/mol. The van der Waals surface area contributed by atoms with E-state index >= 15 is 0 Å². The summed E-state index contributed by atoms with van der Waals surface area (Å²) in [6, 6.07) is 10.3. The van der Waals surface area contributed by atoms with Gasteiger partial charge in [0.2, 0.25) is 0 Å². The monoisotopic (exact) mass is 253 g/mol. The molecule has 0 atom stereocenters. The Balaban J connectivity index is 2.99. The Labute approximate surface area is 116 Å². The van der Waals surface area contributed by atoms with Crippen LogP contribution in [0.25, 0.3) is 5.57 Å². The Morgan fingerprint density at radius 2 is 1.63 bits per heavy atom. The third kappa shape index (κ3) is 5.11. The normalized spacial score (nSPS) is 14.2. The summed E-state index contributed by atoms with van der Waals surface area (Å²) in [6.07, 6.45) is 10.5. The molecule has 100 valence electrons. The van der Waals surface area contributed by atoms with Gasteiger partial charge in [-0.1, -0.05) is 60.7 Å². The van der Waals surface area contributed by atoms with Crippen molar-refractivity contribution in [1.82, 2.24) is 0 Å². The Morgan fingerprint density at radius 3 is 2.21 bits per heavy atom. The minimum atomic E-state index is 0.547. The molecule has 0 aliphatic heterocycles. The summed E-state index contributed by atoms with van der Waals surface area (Å²) < 4.78 is 0. The number of hydrogen-bond acceptors (Lipinski definition) is 1. The van der Waals surface area contributed by atoms with Gasteiger partial charge in [-0.15, -0.1) is 0 Å². The van der Waals surface area contributed by atoms with Crippen molar-refractivity contribution in [3.8, 4) is 0 Å². The zero-order valence-electron chi connectivity index (χ0n) is 12.1. The highest BCUT2D eigenvalue weighted by Crippen LogP contribution is 2.17. The van der Waals surface area contributed by atoms with Crippen LogP contribution in [0, 0.1) is 0 Å². The quantitative estimate of drug-likeness (QED) is 0.768. The minimum Gasteiger partial charge on any atom is -0.327 e. The lowest BCUT2D eigenvalue weighted by molar-refractivity contribution is 1.26. The molecule has 0 radical (unpaired) electrons. The molecule has 0 saturated heterocycles. The third-order valence-electron chi connectivity index (χ3n) is 3.00. The molecule has 19 heavy (non-hydrogen) atoms. The zero-order valence-corrected chi connectivity index (χ0v) is 12.1. The average molecular weight is 253 g/mol. The molecule has 0 fully saturated rings. The fraction of sp³-hybridized carbons (Fsp3) is 0.222. The third-order valence-corrected chi connectivity index (χ3v) is 3.00. The van der Waals surface area contributed by atoms with Gasteiger partial charge < -0.3 is 5.73 Å². The second-order valence-corrected chi connectivity index (χ2v) is 4.46. The maximum Gasteiger partial charge on any atom is 0.0115 e. The van der Waals surface area contributed by atoms with E-state index in [2.05, 4.69) is 50.3 Å². The number of allylic oxidation sites excluding steroid dienone is 7. The van der Waals surface area contributed by atoms with Crippen LogP contribution in [0.5, 0.6) is 0 Å². The number of nitrogens with two attached hydrogens (primary N) is 1. The van der Waals surface area contributed by atoms with Crippen molar-refractivity contribution in [3.05, 3.63) is 77.4 Å². The lowest BCUT2D eigenvalue weighted by Gasteiger charge is -2.03. The molecular formula is C18H23N. The van der Waals surface area contributed by atoms with Gasteiger partial charge in [0.1, 0.15) is 0 Å². The van der Waals surface area contributed by atoms with Crippen molar-refractivity contribution in [3.63, 3.8) is 0 Å². The van der Waals surface area contributed by atoms with E-state index in [4.69, 9.17) is 5.73 Å². The van der Waals surface area contributed by atoms with Gasteiger partial charge in [0.25, 0.3) is 0 Å². The van der Waals surface area contributed by atoms with Crippen molar-refractivity contribution < 1.29 is 0 Å². The number of benzene rings is 1. The van der Waals surface area contributed by atoms with Gasteiger partial charge >= 0.3 is 0 Å². The molecule has 0 aliphatic rings. The first-order valence-corrected chi connectivity index (χ1v) is 6.63. The van der Waals surface area contributed by atoms with E-state index in [0.717, 1.165) is 5.57 Å². The highest BCUT2D eigenvalue weighted by Gasteiger charge is 1.96. The molecule has 0 aliphatic carbocycles. The highest BCUT2D eigenvalue weighted by atomic mass is 14.5. The van der Waals surface area contributed by atoms with Crippen molar-refractivity contribution in [1.29, 1.82) is 0 Å². The first-order chi connectivity index (χ1) is 9.19. The molecule has 0 bridgehead atoms. The van der Waals surface area contributed by atoms with Gasteiger partial charge in [0.05, 0.1) is 0 Å². The molecule has 1 aromatic carbocycles. The van der Waals surface area contributed by atoms with E-state index < -0.39 is 0 Å². The average Bonchev–Trinajstić information content (AvgIpc) is 2.44. The predicted octanol–water partition coefficient (Wildman–Crippen LogP) is 4.50. The molecule has 0 aromatic heterocycles. The summed E-state index contributed by atoms with van der Waals surface area (Å²) >= 11 is 0. The fourth-order valence-corrected chi connectivity index (χ4v) is 1.77. The lowest BCUT2D eigenvalue weighted by atomic mass is 10.0. The Hall–Kier alpha value is -1.86. The lowest BCUT2D eigenvalue weighted by Crippen LogP contribution is -1.95. The van der Waals surface area contributed by atoms with E-state index in [1.165, 1.54) is 16.7 Å². The van der Waals surface area contributed by atoms with Crippen molar-refractivity contribution in [2.24, 2.45) is 5.73 Å². The van der Waals surface area contributed by atoms with Gasteiger partial charge in [0, 0.05) is 6.54 Å². The van der Waals surface area contributed by atoms with Crippen LogP contribution in [0.1, 0.15) is 26.3 Å². The van der Waals surface area contributed by atoms with Gasteiger partial charge in [-0.25, -0.2) is 0 Å². The van der Waals surface area contributed by atoms with Crippen LogP contribution in [-0.4, -0.2) is 6.54 Å². The van der Waals surface area contributed by atoms with Gasteiger partial charge in [-0.05, 0) is 43.1 Å². The Kier molecular flexibility index (Phi) is 6.62. The summed E-state index contributed by atoms with van der Waals surface area (Å²) in [6.45, 7) is 6.82. The van der Waals surface area contributed by atoms with Crippen LogP contribution < -0.4 is 5.73 Å². The molecule has 2 N–H and O–H groups in total. The second-order valence-electron chi connectivity index (χ2n) is 4.46. The maximum absolute atomic E-state index is 5.65. The minimum absolute atomic E-state index is 0.547. The van der Waals surface area contributed by atoms with Crippen LogP contribution >= 0.6 is 0 Å². The largest absolute Gasteiger partial charge is 0.327 e. The van der Waals surface area contributed by atoms with Crippen molar-refractivity contribution >= 4 is 5.57 Å². The summed E-state index contributed by atoms with van der Waals surface area (Å²) in [5.41, 5.74) is 10.5. The molecule has 1 rings (SSSR count). The highest BCUT2D eigenvalue weighted by molar-refractivity contribution is 5.74. The molecule has 0 saturated carbocycles. The smallest absolute Gasteiger partial charge is 0.0115 e. The summed E-state index contributed by atoms with van der Waals surface area (Å²) in [7, 11) is 0. The van der Waals surface area contributed by atoms with Gasteiger partial charge in [0.15, 0.2) is 0 Å².